The summed E-state index contributed by atoms with van der Waals surface area (Å²) in [5.74, 6) is 0.740. The number of nitrogens with zero attached hydrogens (tertiary/aromatic N) is 3. The molecule has 122 valence electrons. The van der Waals surface area contributed by atoms with Gasteiger partial charge in [0.25, 0.3) is 0 Å². The number of hydrogen-bond donors (Lipinski definition) is 2. The minimum absolute atomic E-state index is 0.0668. The number of rotatable bonds is 3. The van der Waals surface area contributed by atoms with Crippen molar-refractivity contribution in [3.63, 3.8) is 0 Å². The lowest BCUT2D eigenvalue weighted by Gasteiger charge is -2.21. The van der Waals surface area contributed by atoms with E-state index in [-0.39, 0.29) is 11.3 Å². The van der Waals surface area contributed by atoms with Gasteiger partial charge >= 0.3 is 0 Å². The second-order valence-electron chi connectivity index (χ2n) is 6.47. The van der Waals surface area contributed by atoms with Gasteiger partial charge in [0.05, 0.1) is 11.1 Å². The summed E-state index contributed by atoms with van der Waals surface area (Å²) in [4.78, 5) is 21.2. The Labute approximate surface area is 139 Å². The highest BCUT2D eigenvalue weighted by molar-refractivity contribution is 5.95. The van der Waals surface area contributed by atoms with E-state index in [4.69, 9.17) is 0 Å². The molecule has 2 aromatic heterocycles. The predicted molar refractivity (Wildman–Crippen MR) is 92.6 cm³/mol. The highest BCUT2D eigenvalue weighted by Crippen LogP contribution is 2.27. The highest BCUT2D eigenvalue weighted by Gasteiger charge is 2.36. The van der Waals surface area contributed by atoms with Crippen molar-refractivity contribution in [2.75, 3.05) is 18.4 Å². The summed E-state index contributed by atoms with van der Waals surface area (Å²) < 4.78 is 1.89. The van der Waals surface area contributed by atoms with Gasteiger partial charge in [-0.25, -0.2) is 9.97 Å². The minimum Gasteiger partial charge on any atom is -0.326 e. The molecule has 1 fully saturated rings. The summed E-state index contributed by atoms with van der Waals surface area (Å²) >= 11 is 0. The average molecular weight is 321 g/mol. The van der Waals surface area contributed by atoms with E-state index in [2.05, 4.69) is 20.6 Å². The van der Waals surface area contributed by atoms with Gasteiger partial charge in [-0.15, -0.1) is 0 Å². The lowest BCUT2D eigenvalue weighted by molar-refractivity contribution is -0.123. The molecule has 6 heteroatoms. The zero-order valence-corrected chi connectivity index (χ0v) is 13.5. The first kappa shape index (κ1) is 14.8. The van der Waals surface area contributed by atoms with E-state index in [1.54, 1.807) is 6.20 Å². The van der Waals surface area contributed by atoms with E-state index in [0.29, 0.717) is 5.78 Å². The molecular formula is C18H19N5O. The van der Waals surface area contributed by atoms with Crippen LogP contribution in [0.3, 0.4) is 0 Å². The van der Waals surface area contributed by atoms with Gasteiger partial charge in [0, 0.05) is 36.4 Å². The molecule has 1 saturated heterocycles. The van der Waals surface area contributed by atoms with Gasteiger partial charge in [-0.3, -0.25) is 9.20 Å². The van der Waals surface area contributed by atoms with E-state index < -0.39 is 0 Å². The molecule has 6 nitrogen and oxygen atoms in total. The first-order valence-electron chi connectivity index (χ1n) is 8.06. The molecule has 2 N–H and O–H groups in total. The van der Waals surface area contributed by atoms with Crippen LogP contribution in [-0.4, -0.2) is 33.4 Å². The zero-order chi connectivity index (χ0) is 16.6. The van der Waals surface area contributed by atoms with Crippen LogP contribution in [0, 0.1) is 5.41 Å². The van der Waals surface area contributed by atoms with Crippen LogP contribution in [0.25, 0.3) is 17.0 Å². The second-order valence-corrected chi connectivity index (χ2v) is 6.47. The number of anilines is 1. The van der Waals surface area contributed by atoms with Crippen molar-refractivity contribution in [1.82, 2.24) is 19.7 Å². The topological polar surface area (TPSA) is 71.3 Å². The standard InChI is InChI=1S/C18H19N5O/c1-18(7-9-19-12-18)16(24)21-14-5-3-13(4-6-14)15-11-23-10-2-8-20-17(23)22-15/h2-6,8,10-11,19H,7,9,12H2,1H3,(H,21,24). The van der Waals surface area contributed by atoms with Crippen LogP contribution in [0.4, 0.5) is 5.69 Å². The Hall–Kier alpha value is -2.73. The maximum Gasteiger partial charge on any atom is 0.234 e. The van der Waals surface area contributed by atoms with E-state index >= 15 is 0 Å². The molecule has 0 aliphatic carbocycles. The molecule has 24 heavy (non-hydrogen) atoms. The molecule has 3 aromatic rings. The quantitative estimate of drug-likeness (QED) is 0.777. The number of carbonyl (C=O) groups excluding carboxylic acids is 1. The van der Waals surface area contributed by atoms with E-state index in [1.165, 1.54) is 0 Å². The number of amides is 1. The molecule has 1 aliphatic rings. The van der Waals surface area contributed by atoms with E-state index in [0.717, 1.165) is 36.5 Å². The van der Waals surface area contributed by atoms with Crippen LogP contribution >= 0.6 is 0 Å². The third-order valence-corrected chi connectivity index (χ3v) is 4.59. The van der Waals surface area contributed by atoms with Crippen molar-refractivity contribution in [3.8, 4) is 11.3 Å². The van der Waals surface area contributed by atoms with Crippen LogP contribution in [0.2, 0.25) is 0 Å². The lowest BCUT2D eigenvalue weighted by Crippen LogP contribution is -2.35. The second kappa shape index (κ2) is 5.72. The van der Waals surface area contributed by atoms with Crippen molar-refractivity contribution in [2.24, 2.45) is 5.41 Å². The molecular weight excluding hydrogens is 302 g/mol. The monoisotopic (exact) mass is 321 g/mol. The van der Waals surface area contributed by atoms with Crippen molar-refractivity contribution >= 4 is 17.4 Å². The van der Waals surface area contributed by atoms with Crippen LogP contribution in [-0.2, 0) is 4.79 Å². The minimum atomic E-state index is -0.327. The molecule has 0 saturated carbocycles. The Morgan fingerprint density at radius 2 is 2.17 bits per heavy atom. The summed E-state index contributed by atoms with van der Waals surface area (Å²) in [7, 11) is 0. The Morgan fingerprint density at radius 3 is 2.88 bits per heavy atom. The Morgan fingerprint density at radius 1 is 1.33 bits per heavy atom. The summed E-state index contributed by atoms with van der Waals surface area (Å²) in [5.41, 5.74) is 2.33. The average Bonchev–Trinajstić information content (AvgIpc) is 3.22. The van der Waals surface area contributed by atoms with Crippen LogP contribution in [0.15, 0.2) is 48.9 Å². The smallest absolute Gasteiger partial charge is 0.234 e. The molecule has 4 rings (SSSR count). The van der Waals surface area contributed by atoms with Gasteiger partial charge in [0.15, 0.2) is 0 Å². The number of aromatic nitrogens is 3. The van der Waals surface area contributed by atoms with Crippen LogP contribution < -0.4 is 10.6 Å². The number of carbonyl (C=O) groups is 1. The fraction of sp³-hybridized carbons (Fsp3) is 0.278. The third-order valence-electron chi connectivity index (χ3n) is 4.59. The summed E-state index contributed by atoms with van der Waals surface area (Å²) in [5, 5.41) is 6.26. The maximum absolute atomic E-state index is 12.4. The number of benzene rings is 1. The highest BCUT2D eigenvalue weighted by atomic mass is 16.2. The SMILES string of the molecule is CC1(C(=O)Nc2ccc(-c3cn4cccnc4n3)cc2)CCNC1. The van der Waals surface area contributed by atoms with Gasteiger partial charge in [0.1, 0.15) is 0 Å². The Balaban J connectivity index is 1.53. The normalized spacial score (nSPS) is 20.4. The van der Waals surface area contributed by atoms with Gasteiger partial charge in [0.2, 0.25) is 11.7 Å². The Bertz CT molecular complexity index is 845. The van der Waals surface area contributed by atoms with Crippen molar-refractivity contribution in [1.29, 1.82) is 0 Å². The molecule has 0 spiro atoms. The zero-order valence-electron chi connectivity index (χ0n) is 13.5. The number of imidazole rings is 1. The molecule has 3 heterocycles. The fourth-order valence-corrected chi connectivity index (χ4v) is 2.99. The molecule has 0 bridgehead atoms. The third kappa shape index (κ3) is 2.65. The maximum atomic E-state index is 12.4. The van der Waals surface area contributed by atoms with Gasteiger partial charge < -0.3 is 10.6 Å². The van der Waals surface area contributed by atoms with E-state index in [9.17, 15) is 4.79 Å². The Kier molecular flexibility index (Phi) is 3.54. The first-order valence-corrected chi connectivity index (χ1v) is 8.06. The van der Waals surface area contributed by atoms with Crippen molar-refractivity contribution in [3.05, 3.63) is 48.9 Å². The molecule has 1 amide bonds. The van der Waals surface area contributed by atoms with Crippen molar-refractivity contribution in [2.45, 2.75) is 13.3 Å². The number of fused-ring (bicyclic) bond motifs is 1. The largest absolute Gasteiger partial charge is 0.326 e. The predicted octanol–water partition coefficient (Wildman–Crippen LogP) is 2.33. The molecule has 1 atom stereocenters. The number of nitrogens with one attached hydrogen (secondary N) is 2. The first-order chi connectivity index (χ1) is 11.6. The van der Waals surface area contributed by atoms with Crippen LogP contribution in [0.5, 0.6) is 0 Å². The summed E-state index contributed by atoms with van der Waals surface area (Å²) in [6, 6.07) is 9.63. The summed E-state index contributed by atoms with van der Waals surface area (Å²) in [6.45, 7) is 3.62. The molecule has 1 unspecified atom stereocenters. The van der Waals surface area contributed by atoms with Gasteiger partial charge in [-0.2, -0.15) is 0 Å². The van der Waals surface area contributed by atoms with Crippen molar-refractivity contribution < 1.29 is 4.79 Å². The fourth-order valence-electron chi connectivity index (χ4n) is 2.99. The molecule has 0 radical (unpaired) electrons. The summed E-state index contributed by atoms with van der Waals surface area (Å²) in [6.07, 6.45) is 6.46. The molecule has 1 aliphatic heterocycles. The van der Waals surface area contributed by atoms with E-state index in [1.807, 2.05) is 54.0 Å². The number of hydrogen-bond acceptors (Lipinski definition) is 4. The van der Waals surface area contributed by atoms with Crippen LogP contribution in [0.1, 0.15) is 13.3 Å². The lowest BCUT2D eigenvalue weighted by atomic mass is 9.88. The van der Waals surface area contributed by atoms with Gasteiger partial charge in [-0.05, 0) is 38.1 Å². The van der Waals surface area contributed by atoms with Gasteiger partial charge in [-0.1, -0.05) is 12.1 Å². The molecule has 1 aromatic carbocycles.